The second-order valence-corrected chi connectivity index (χ2v) is 4.36. The summed E-state index contributed by atoms with van der Waals surface area (Å²) in [5.74, 6) is 0.962. The first kappa shape index (κ1) is 12.5. The molecule has 0 aliphatic carbocycles. The van der Waals surface area contributed by atoms with Crippen molar-refractivity contribution in [3.05, 3.63) is 59.7 Å². The summed E-state index contributed by atoms with van der Waals surface area (Å²) >= 11 is 0. The largest absolute Gasteiger partial charge is 0.491 e. The lowest BCUT2D eigenvalue weighted by Gasteiger charge is -2.11. The van der Waals surface area contributed by atoms with E-state index in [1.165, 1.54) is 16.8 Å². The fraction of sp³-hybridized carbons (Fsp3) is 0.250. The number of benzene rings is 2. The first-order valence-electron chi connectivity index (χ1n) is 6.25. The molecule has 2 aromatic rings. The monoisotopic (exact) mass is 241 g/mol. The van der Waals surface area contributed by atoms with Crippen molar-refractivity contribution in [2.45, 2.75) is 13.8 Å². The highest BCUT2D eigenvalue weighted by Gasteiger charge is 1.98. The molecular formula is C16H19NO. The van der Waals surface area contributed by atoms with Crippen LogP contribution in [0.5, 0.6) is 5.75 Å². The Labute approximate surface area is 109 Å². The number of aryl methyl sites for hydroxylation is 2. The Hall–Kier alpha value is -1.96. The van der Waals surface area contributed by atoms with Crippen LogP contribution in [-0.2, 0) is 0 Å². The van der Waals surface area contributed by atoms with Crippen molar-refractivity contribution in [3.63, 3.8) is 0 Å². The highest BCUT2D eigenvalue weighted by molar-refractivity contribution is 5.50. The number of para-hydroxylation sites is 2. The van der Waals surface area contributed by atoms with E-state index >= 15 is 0 Å². The fourth-order valence-electron chi connectivity index (χ4n) is 1.84. The zero-order chi connectivity index (χ0) is 12.8. The van der Waals surface area contributed by atoms with E-state index in [1.54, 1.807) is 0 Å². The average Bonchev–Trinajstić information content (AvgIpc) is 2.38. The standard InChI is InChI=1S/C16H19NO/c1-13-7-3-5-9-15(13)17-11-12-18-16-10-6-4-8-14(16)2/h3-10,17H,11-12H2,1-2H3. The normalized spacial score (nSPS) is 10.1. The van der Waals surface area contributed by atoms with E-state index in [4.69, 9.17) is 4.74 Å². The van der Waals surface area contributed by atoms with Crippen molar-refractivity contribution in [3.8, 4) is 5.75 Å². The molecule has 0 aliphatic rings. The SMILES string of the molecule is Cc1ccccc1NCCOc1ccccc1C. The number of nitrogens with one attached hydrogen (secondary N) is 1. The lowest BCUT2D eigenvalue weighted by molar-refractivity contribution is 0.330. The van der Waals surface area contributed by atoms with Crippen molar-refractivity contribution >= 4 is 5.69 Å². The first-order valence-corrected chi connectivity index (χ1v) is 6.25. The van der Waals surface area contributed by atoms with Crippen LogP contribution >= 0.6 is 0 Å². The molecule has 0 amide bonds. The maximum Gasteiger partial charge on any atom is 0.122 e. The van der Waals surface area contributed by atoms with E-state index in [2.05, 4.69) is 37.4 Å². The second-order valence-electron chi connectivity index (χ2n) is 4.36. The highest BCUT2D eigenvalue weighted by atomic mass is 16.5. The molecular weight excluding hydrogens is 222 g/mol. The summed E-state index contributed by atoms with van der Waals surface area (Å²) in [4.78, 5) is 0. The smallest absolute Gasteiger partial charge is 0.122 e. The van der Waals surface area contributed by atoms with Gasteiger partial charge in [0.2, 0.25) is 0 Å². The minimum atomic E-state index is 0.666. The summed E-state index contributed by atoms with van der Waals surface area (Å²) in [7, 11) is 0. The molecule has 2 nitrogen and oxygen atoms in total. The van der Waals surface area contributed by atoms with Gasteiger partial charge in [-0.15, -0.1) is 0 Å². The number of ether oxygens (including phenoxy) is 1. The van der Waals surface area contributed by atoms with E-state index in [-0.39, 0.29) is 0 Å². The Bertz CT molecular complexity index is 460. The van der Waals surface area contributed by atoms with Crippen molar-refractivity contribution in [2.24, 2.45) is 0 Å². The van der Waals surface area contributed by atoms with E-state index in [0.29, 0.717) is 6.61 Å². The maximum atomic E-state index is 5.74. The predicted octanol–water partition coefficient (Wildman–Crippen LogP) is 3.79. The molecule has 0 radical (unpaired) electrons. The van der Waals surface area contributed by atoms with Gasteiger partial charge in [-0.2, -0.15) is 0 Å². The van der Waals surface area contributed by atoms with Gasteiger partial charge >= 0.3 is 0 Å². The Morgan fingerprint density at radius 1 is 0.889 bits per heavy atom. The molecule has 18 heavy (non-hydrogen) atoms. The Morgan fingerprint density at radius 2 is 1.56 bits per heavy atom. The van der Waals surface area contributed by atoms with Crippen LogP contribution < -0.4 is 10.1 Å². The topological polar surface area (TPSA) is 21.3 Å². The minimum Gasteiger partial charge on any atom is -0.491 e. The summed E-state index contributed by atoms with van der Waals surface area (Å²) in [6, 6.07) is 16.4. The van der Waals surface area contributed by atoms with E-state index in [1.807, 2.05) is 30.3 Å². The van der Waals surface area contributed by atoms with Crippen molar-refractivity contribution in [2.75, 3.05) is 18.5 Å². The molecule has 0 aromatic heterocycles. The molecule has 94 valence electrons. The highest BCUT2D eigenvalue weighted by Crippen LogP contribution is 2.16. The molecule has 0 saturated carbocycles. The minimum absolute atomic E-state index is 0.666. The van der Waals surface area contributed by atoms with Gasteiger partial charge in [0.1, 0.15) is 12.4 Å². The second kappa shape index (κ2) is 6.10. The Morgan fingerprint density at radius 3 is 2.28 bits per heavy atom. The van der Waals surface area contributed by atoms with Gasteiger partial charge in [-0.1, -0.05) is 36.4 Å². The average molecular weight is 241 g/mol. The van der Waals surface area contributed by atoms with Crippen molar-refractivity contribution in [1.29, 1.82) is 0 Å². The zero-order valence-corrected chi connectivity index (χ0v) is 10.9. The van der Waals surface area contributed by atoms with Gasteiger partial charge in [0.15, 0.2) is 0 Å². The van der Waals surface area contributed by atoms with Crippen molar-refractivity contribution in [1.82, 2.24) is 0 Å². The van der Waals surface area contributed by atoms with Gasteiger partial charge in [0, 0.05) is 12.2 Å². The number of rotatable bonds is 5. The van der Waals surface area contributed by atoms with Crippen LogP contribution in [0.25, 0.3) is 0 Å². The number of hydrogen-bond donors (Lipinski definition) is 1. The lowest BCUT2D eigenvalue weighted by Crippen LogP contribution is -2.12. The third kappa shape index (κ3) is 3.27. The van der Waals surface area contributed by atoms with Gasteiger partial charge in [-0.25, -0.2) is 0 Å². The summed E-state index contributed by atoms with van der Waals surface area (Å²) in [5, 5.41) is 3.38. The molecule has 2 heteroatoms. The Balaban J connectivity index is 1.80. The quantitative estimate of drug-likeness (QED) is 0.804. The van der Waals surface area contributed by atoms with E-state index in [0.717, 1.165) is 12.3 Å². The fourth-order valence-corrected chi connectivity index (χ4v) is 1.84. The van der Waals surface area contributed by atoms with E-state index in [9.17, 15) is 0 Å². The van der Waals surface area contributed by atoms with Gasteiger partial charge in [-0.05, 0) is 37.1 Å². The molecule has 0 heterocycles. The van der Waals surface area contributed by atoms with Crippen LogP contribution in [0.4, 0.5) is 5.69 Å². The predicted molar refractivity (Wildman–Crippen MR) is 76.3 cm³/mol. The van der Waals surface area contributed by atoms with Crippen LogP contribution in [0.2, 0.25) is 0 Å². The molecule has 2 rings (SSSR count). The number of anilines is 1. The number of hydrogen-bond acceptors (Lipinski definition) is 2. The van der Waals surface area contributed by atoms with Crippen LogP contribution in [0.1, 0.15) is 11.1 Å². The third-order valence-electron chi connectivity index (χ3n) is 2.91. The molecule has 0 aliphatic heterocycles. The first-order chi connectivity index (χ1) is 8.77. The molecule has 0 bridgehead atoms. The molecule has 1 N–H and O–H groups in total. The molecule has 0 fully saturated rings. The summed E-state index contributed by atoms with van der Waals surface area (Å²) in [5.41, 5.74) is 3.60. The van der Waals surface area contributed by atoms with Crippen LogP contribution in [0.3, 0.4) is 0 Å². The molecule has 0 atom stereocenters. The molecule has 2 aromatic carbocycles. The van der Waals surface area contributed by atoms with Gasteiger partial charge in [0.05, 0.1) is 0 Å². The van der Waals surface area contributed by atoms with Gasteiger partial charge in [-0.3, -0.25) is 0 Å². The van der Waals surface area contributed by atoms with E-state index < -0.39 is 0 Å². The van der Waals surface area contributed by atoms with Gasteiger partial charge in [0.25, 0.3) is 0 Å². The van der Waals surface area contributed by atoms with Crippen LogP contribution in [-0.4, -0.2) is 13.2 Å². The van der Waals surface area contributed by atoms with Crippen molar-refractivity contribution < 1.29 is 4.74 Å². The zero-order valence-electron chi connectivity index (χ0n) is 10.9. The maximum absolute atomic E-state index is 5.74. The van der Waals surface area contributed by atoms with Crippen LogP contribution in [0.15, 0.2) is 48.5 Å². The third-order valence-corrected chi connectivity index (χ3v) is 2.91. The summed E-state index contributed by atoms with van der Waals surface area (Å²) in [6.07, 6.45) is 0. The Kier molecular flexibility index (Phi) is 4.24. The lowest BCUT2D eigenvalue weighted by atomic mass is 10.2. The van der Waals surface area contributed by atoms with Crippen LogP contribution in [0, 0.1) is 13.8 Å². The summed E-state index contributed by atoms with van der Waals surface area (Å²) < 4.78 is 5.74. The molecule has 0 spiro atoms. The molecule has 0 unspecified atom stereocenters. The van der Waals surface area contributed by atoms with Gasteiger partial charge < -0.3 is 10.1 Å². The summed E-state index contributed by atoms with van der Waals surface area (Å²) in [6.45, 7) is 5.63. The molecule has 0 saturated heterocycles.